The lowest BCUT2D eigenvalue weighted by Gasteiger charge is -2.36. The van der Waals surface area contributed by atoms with Crippen molar-refractivity contribution in [3.8, 4) is 0 Å². The first kappa shape index (κ1) is 32.4. The molecule has 12 heteroatoms. The third kappa shape index (κ3) is 6.48. The van der Waals surface area contributed by atoms with Crippen molar-refractivity contribution in [1.29, 1.82) is 0 Å². The number of carbonyl (C=O) groups excluding carboxylic acids is 4. The van der Waals surface area contributed by atoms with Gasteiger partial charge in [-0.3, -0.25) is 24.1 Å². The van der Waals surface area contributed by atoms with E-state index in [1.165, 1.54) is 0 Å². The number of benzene rings is 1. The Morgan fingerprint density at radius 2 is 1.76 bits per heavy atom. The van der Waals surface area contributed by atoms with E-state index in [1.807, 2.05) is 42.5 Å². The van der Waals surface area contributed by atoms with Gasteiger partial charge in [0, 0.05) is 52.3 Å². The normalized spacial score (nSPS) is 32.8. The van der Waals surface area contributed by atoms with E-state index in [4.69, 9.17) is 14.2 Å². The molecule has 1 spiro atoms. The van der Waals surface area contributed by atoms with Crippen molar-refractivity contribution in [2.45, 2.75) is 49.5 Å². The van der Waals surface area contributed by atoms with Gasteiger partial charge < -0.3 is 34.4 Å². The van der Waals surface area contributed by atoms with Crippen LogP contribution >= 0.6 is 0 Å². The lowest BCUT2D eigenvalue weighted by molar-refractivity contribution is -0.148. The van der Waals surface area contributed by atoms with E-state index in [-0.39, 0.29) is 44.0 Å². The van der Waals surface area contributed by atoms with Crippen molar-refractivity contribution in [1.82, 2.24) is 20.0 Å². The first-order chi connectivity index (χ1) is 22.4. The van der Waals surface area contributed by atoms with Gasteiger partial charge in [0.05, 0.1) is 37.2 Å². The Morgan fingerprint density at radius 1 is 0.957 bits per heavy atom. The van der Waals surface area contributed by atoms with Crippen molar-refractivity contribution in [3.05, 3.63) is 60.2 Å². The standard InChI is InChI=1S/C34H44N4O8/c39-20-7-6-15-38-30-33(43)37(17-16-36-18-21-44-22-19-36)14-8-13-34(30)29(32(38)42)28-26(46-34)11-4-5-12-27(40)45-23-25(35-31(28)41)24-9-2-1-3-10-24/h1-4,8-11,13,25-26,28-30,39H,5-7,12,14-23H2,(H,35,41)/b11-4-/t25-,26+,28-,29-,30+,34-/m0/s1. The highest BCUT2D eigenvalue weighted by Crippen LogP contribution is 2.53. The molecule has 2 N–H and O–H groups in total. The number of rotatable bonds is 8. The van der Waals surface area contributed by atoms with Gasteiger partial charge >= 0.3 is 5.97 Å². The van der Waals surface area contributed by atoms with Crippen LogP contribution in [0.5, 0.6) is 0 Å². The molecule has 0 radical (unpaired) electrons. The number of ether oxygens (including phenoxy) is 3. The largest absolute Gasteiger partial charge is 0.463 e. The van der Waals surface area contributed by atoms with Gasteiger partial charge in [0.1, 0.15) is 18.2 Å². The summed E-state index contributed by atoms with van der Waals surface area (Å²) in [4.78, 5) is 61.3. The number of carbonyl (C=O) groups is 4. The number of aliphatic hydroxyl groups excluding tert-OH is 1. The highest BCUT2D eigenvalue weighted by Gasteiger charge is 2.71. The Kier molecular flexibility index (Phi) is 10.2. The van der Waals surface area contributed by atoms with Gasteiger partial charge in [0.2, 0.25) is 17.7 Å². The van der Waals surface area contributed by atoms with Crippen molar-refractivity contribution < 1.29 is 38.5 Å². The fourth-order valence-electron chi connectivity index (χ4n) is 7.41. The number of nitrogens with zero attached hydrogens (tertiary/aromatic N) is 3. The van der Waals surface area contributed by atoms with E-state index < -0.39 is 41.5 Å². The number of cyclic esters (lactones) is 1. The summed E-state index contributed by atoms with van der Waals surface area (Å²) in [7, 11) is 0. The molecule has 6 rings (SSSR count). The summed E-state index contributed by atoms with van der Waals surface area (Å²) in [5, 5.41) is 12.5. The predicted octanol–water partition coefficient (Wildman–Crippen LogP) is 0.821. The average molecular weight is 637 g/mol. The zero-order chi connectivity index (χ0) is 32.1. The number of esters is 1. The first-order valence-corrected chi connectivity index (χ1v) is 16.5. The molecule has 3 fully saturated rings. The maximum Gasteiger partial charge on any atom is 0.306 e. The number of allylic oxidation sites excluding steroid dienone is 1. The number of nitrogens with one attached hydrogen (secondary N) is 1. The lowest BCUT2D eigenvalue weighted by atomic mass is 9.77. The molecule has 0 bridgehead atoms. The molecule has 46 heavy (non-hydrogen) atoms. The quantitative estimate of drug-likeness (QED) is 0.241. The highest BCUT2D eigenvalue weighted by atomic mass is 16.5. The minimum absolute atomic E-state index is 0.0271. The van der Waals surface area contributed by atoms with E-state index in [0.29, 0.717) is 52.1 Å². The topological polar surface area (TPSA) is 138 Å². The molecule has 0 aliphatic carbocycles. The molecule has 6 atom stereocenters. The molecule has 5 heterocycles. The Balaban J connectivity index is 1.34. The first-order valence-electron chi connectivity index (χ1n) is 16.5. The minimum atomic E-state index is -1.35. The zero-order valence-corrected chi connectivity index (χ0v) is 26.1. The summed E-state index contributed by atoms with van der Waals surface area (Å²) in [5.41, 5.74) is -0.588. The van der Waals surface area contributed by atoms with Crippen LogP contribution in [0.2, 0.25) is 0 Å². The number of likely N-dealkylation sites (tertiary alicyclic amines) is 1. The number of fused-ring (bicyclic) bond motifs is 2. The van der Waals surface area contributed by atoms with Gasteiger partial charge in [-0.25, -0.2) is 0 Å². The molecular formula is C34H44N4O8. The van der Waals surface area contributed by atoms with Gasteiger partial charge in [-0.15, -0.1) is 0 Å². The van der Waals surface area contributed by atoms with Crippen LogP contribution in [0.1, 0.15) is 37.3 Å². The summed E-state index contributed by atoms with van der Waals surface area (Å²) in [6.45, 7) is 4.64. The molecule has 12 nitrogen and oxygen atoms in total. The molecule has 1 aromatic rings. The van der Waals surface area contributed by atoms with Crippen molar-refractivity contribution in [2.24, 2.45) is 11.8 Å². The number of aliphatic hydroxyl groups is 1. The van der Waals surface area contributed by atoms with E-state index in [0.717, 1.165) is 18.7 Å². The third-order valence-corrected chi connectivity index (χ3v) is 9.75. The summed E-state index contributed by atoms with van der Waals surface area (Å²) in [6.07, 6.45) is 8.01. The van der Waals surface area contributed by atoms with Crippen LogP contribution in [0.4, 0.5) is 0 Å². The number of morpholine rings is 1. The Labute approximate surface area is 269 Å². The SMILES string of the molecule is O=C1CC/C=C\[C@H]2O[C@]34C=CCN(CCN5CCOCC5)C(=O)[C@H]3N(CCCCO)C(=O)[C@@H]4[C@H]2C(=O)N[C@H](c2ccccc2)CO1. The van der Waals surface area contributed by atoms with Crippen LogP contribution in [0, 0.1) is 11.8 Å². The van der Waals surface area contributed by atoms with E-state index in [9.17, 15) is 24.3 Å². The second-order valence-electron chi connectivity index (χ2n) is 12.6. The Morgan fingerprint density at radius 3 is 2.54 bits per heavy atom. The second kappa shape index (κ2) is 14.5. The summed E-state index contributed by atoms with van der Waals surface area (Å²) < 4.78 is 17.8. The van der Waals surface area contributed by atoms with Crippen molar-refractivity contribution in [3.63, 3.8) is 0 Å². The zero-order valence-electron chi connectivity index (χ0n) is 26.1. The van der Waals surface area contributed by atoms with Crippen molar-refractivity contribution >= 4 is 23.7 Å². The van der Waals surface area contributed by atoms with Gasteiger partial charge in [-0.1, -0.05) is 54.6 Å². The van der Waals surface area contributed by atoms with Gasteiger partial charge in [-0.2, -0.15) is 0 Å². The second-order valence-corrected chi connectivity index (χ2v) is 12.6. The fourth-order valence-corrected chi connectivity index (χ4v) is 7.41. The monoisotopic (exact) mass is 636 g/mol. The maximum absolute atomic E-state index is 14.5. The van der Waals surface area contributed by atoms with Crippen LogP contribution in [0.3, 0.4) is 0 Å². The van der Waals surface area contributed by atoms with Crippen LogP contribution in [0.15, 0.2) is 54.6 Å². The van der Waals surface area contributed by atoms with Crippen LogP contribution in [-0.4, -0.2) is 127 Å². The van der Waals surface area contributed by atoms with Crippen LogP contribution < -0.4 is 5.32 Å². The molecule has 5 aliphatic rings. The number of unbranched alkanes of at least 4 members (excludes halogenated alkanes) is 1. The maximum atomic E-state index is 14.5. The predicted molar refractivity (Wildman–Crippen MR) is 166 cm³/mol. The Bertz CT molecular complexity index is 1330. The van der Waals surface area contributed by atoms with Crippen LogP contribution in [-0.2, 0) is 33.4 Å². The minimum Gasteiger partial charge on any atom is -0.463 e. The van der Waals surface area contributed by atoms with Gasteiger partial charge in [0.15, 0.2) is 0 Å². The number of hydrogen-bond donors (Lipinski definition) is 2. The van der Waals surface area contributed by atoms with Gasteiger partial charge in [-0.05, 0) is 24.8 Å². The van der Waals surface area contributed by atoms with E-state index >= 15 is 0 Å². The molecule has 0 unspecified atom stereocenters. The smallest absolute Gasteiger partial charge is 0.306 e. The molecule has 1 aromatic carbocycles. The molecule has 0 aromatic heterocycles. The lowest BCUT2D eigenvalue weighted by Crippen LogP contribution is -2.56. The van der Waals surface area contributed by atoms with E-state index in [1.54, 1.807) is 22.0 Å². The highest BCUT2D eigenvalue weighted by molar-refractivity contribution is 5.99. The number of amides is 3. The fraction of sp³-hybridized carbons (Fsp3) is 0.588. The van der Waals surface area contributed by atoms with Gasteiger partial charge in [0.25, 0.3) is 0 Å². The number of hydrogen-bond acceptors (Lipinski definition) is 9. The summed E-state index contributed by atoms with van der Waals surface area (Å²) in [6, 6.07) is 7.69. The molecule has 5 aliphatic heterocycles. The molecule has 3 amide bonds. The van der Waals surface area contributed by atoms with Crippen molar-refractivity contribution in [2.75, 3.05) is 65.7 Å². The Hall–Kier alpha value is -3.58. The summed E-state index contributed by atoms with van der Waals surface area (Å²) in [5.74, 6) is -3.15. The van der Waals surface area contributed by atoms with E-state index in [2.05, 4.69) is 10.2 Å². The van der Waals surface area contributed by atoms with Crippen LogP contribution in [0.25, 0.3) is 0 Å². The molecule has 248 valence electrons. The third-order valence-electron chi connectivity index (χ3n) is 9.75. The molecule has 3 saturated heterocycles. The molecular weight excluding hydrogens is 592 g/mol. The average Bonchev–Trinajstić information content (AvgIpc) is 3.45. The molecule has 0 saturated carbocycles. The summed E-state index contributed by atoms with van der Waals surface area (Å²) >= 11 is 0.